The summed E-state index contributed by atoms with van der Waals surface area (Å²) in [6.45, 7) is 0. The lowest BCUT2D eigenvalue weighted by Crippen LogP contribution is -2.28. The van der Waals surface area contributed by atoms with Crippen LogP contribution in [0.25, 0.3) is 33.0 Å². The summed E-state index contributed by atoms with van der Waals surface area (Å²) in [4.78, 5) is 2.46. The fraction of sp³-hybridized carbons (Fsp3) is 0.0333. The van der Waals surface area contributed by atoms with E-state index in [2.05, 4.69) is 254 Å². The van der Waals surface area contributed by atoms with Crippen LogP contribution < -0.4 is 4.90 Å². The van der Waals surface area contributed by atoms with Gasteiger partial charge in [0.2, 0.25) is 0 Å². The Hall–Kier alpha value is -7.74. The Morgan fingerprint density at radius 1 is 0.262 bits per heavy atom. The predicted octanol–water partition coefficient (Wildman–Crippen LogP) is 15.0. The maximum atomic E-state index is 2.46. The Labute approximate surface area is 357 Å². The van der Waals surface area contributed by atoms with E-state index in [0.717, 1.165) is 17.1 Å². The molecule has 0 aliphatic heterocycles. The largest absolute Gasteiger partial charge is 0.310 e. The molecule has 0 saturated carbocycles. The molecule has 286 valence electrons. The lowest BCUT2D eigenvalue weighted by atomic mass is 9.67. The number of hydrogen-bond acceptors (Lipinski definition) is 1. The normalized spacial score (nSPS) is 13.8. The molecule has 0 spiro atoms. The highest BCUT2D eigenvalue weighted by molar-refractivity contribution is 6.00. The molecule has 10 aromatic rings. The van der Waals surface area contributed by atoms with Crippen LogP contribution in [-0.4, -0.2) is 0 Å². The van der Waals surface area contributed by atoms with Crippen LogP contribution >= 0.6 is 0 Å². The zero-order valence-electron chi connectivity index (χ0n) is 33.6. The second kappa shape index (κ2) is 13.9. The number of anilines is 3. The third-order valence-electron chi connectivity index (χ3n) is 13.4. The first kappa shape index (κ1) is 35.2. The first-order chi connectivity index (χ1) is 30.3. The van der Waals surface area contributed by atoms with Gasteiger partial charge in [-0.3, -0.25) is 0 Å². The molecule has 10 aromatic carbocycles. The Morgan fingerprint density at radius 3 is 1.20 bits per heavy atom. The molecule has 0 unspecified atom stereocenters. The molecule has 0 N–H and O–H groups in total. The van der Waals surface area contributed by atoms with Crippen LogP contribution in [0, 0.1) is 0 Å². The molecule has 1 heteroatoms. The maximum Gasteiger partial charge on any atom is 0.0713 e. The van der Waals surface area contributed by atoms with Crippen molar-refractivity contribution in [2.24, 2.45) is 0 Å². The van der Waals surface area contributed by atoms with Gasteiger partial charge < -0.3 is 4.90 Å². The molecule has 0 atom stereocenters. The van der Waals surface area contributed by atoms with E-state index in [9.17, 15) is 0 Å². The van der Waals surface area contributed by atoms with Crippen molar-refractivity contribution in [2.45, 2.75) is 10.8 Å². The lowest BCUT2D eigenvalue weighted by molar-refractivity contribution is 0.768. The number of benzene rings is 10. The first-order valence-electron chi connectivity index (χ1n) is 21.3. The van der Waals surface area contributed by atoms with Gasteiger partial charge in [0.05, 0.1) is 16.5 Å². The highest BCUT2D eigenvalue weighted by Gasteiger charge is 2.47. The first-order valence-corrected chi connectivity index (χ1v) is 21.3. The summed E-state index contributed by atoms with van der Waals surface area (Å²) in [7, 11) is 0. The standard InChI is InChI=1S/C60H41N/c1-4-21-43(22-5-1)59(44-23-6-2-7-24-44)56-33-17-14-30-52(56)53-41-48(39-40-57(53)59)61(58-34-18-20-42-19-10-11-27-49(42)58)47-37-35-46(36-38-47)60(45-25-8-3-9-26-45)54-31-15-12-28-50(54)51-29-13-16-32-55(51)60/h1-41H. The van der Waals surface area contributed by atoms with Crippen molar-refractivity contribution in [3.8, 4) is 22.3 Å². The van der Waals surface area contributed by atoms with Crippen molar-refractivity contribution < 1.29 is 0 Å². The third-order valence-corrected chi connectivity index (χ3v) is 13.4. The SMILES string of the molecule is c1ccc(C2(c3ccc(N(c4ccc5c(c4)-c4ccccc4C5(c4ccccc4)c4ccccc4)c4cccc5ccccc45)cc3)c3ccccc3-c3ccccc32)cc1. The van der Waals surface area contributed by atoms with E-state index in [1.807, 2.05) is 0 Å². The van der Waals surface area contributed by atoms with Crippen LogP contribution in [-0.2, 0) is 10.8 Å². The predicted molar refractivity (Wildman–Crippen MR) is 253 cm³/mol. The van der Waals surface area contributed by atoms with E-state index in [-0.39, 0.29) is 0 Å². The van der Waals surface area contributed by atoms with Gasteiger partial charge in [0, 0.05) is 16.8 Å². The number of rotatable bonds is 7. The minimum absolute atomic E-state index is 0.460. The second-order valence-electron chi connectivity index (χ2n) is 16.3. The van der Waals surface area contributed by atoms with Crippen LogP contribution in [0.5, 0.6) is 0 Å². The average molecular weight is 776 g/mol. The quantitative estimate of drug-likeness (QED) is 0.156. The Balaban J connectivity index is 1.09. The highest BCUT2D eigenvalue weighted by Crippen LogP contribution is 2.58. The van der Waals surface area contributed by atoms with Gasteiger partial charge in [-0.1, -0.05) is 218 Å². The molecule has 12 rings (SSSR count). The van der Waals surface area contributed by atoms with Crippen molar-refractivity contribution in [2.75, 3.05) is 4.90 Å². The molecule has 0 bridgehead atoms. The van der Waals surface area contributed by atoms with Crippen molar-refractivity contribution in [1.82, 2.24) is 0 Å². The molecular weight excluding hydrogens is 735 g/mol. The number of nitrogens with zero attached hydrogens (tertiary/aromatic N) is 1. The van der Waals surface area contributed by atoms with Crippen molar-refractivity contribution >= 4 is 27.8 Å². The monoisotopic (exact) mass is 775 g/mol. The molecular formula is C60H41N. The van der Waals surface area contributed by atoms with Gasteiger partial charge in [-0.2, -0.15) is 0 Å². The van der Waals surface area contributed by atoms with E-state index < -0.39 is 10.8 Å². The minimum atomic E-state index is -0.466. The van der Waals surface area contributed by atoms with Gasteiger partial charge in [-0.15, -0.1) is 0 Å². The Bertz CT molecular complexity index is 3150. The van der Waals surface area contributed by atoms with E-state index in [4.69, 9.17) is 0 Å². The van der Waals surface area contributed by atoms with Gasteiger partial charge >= 0.3 is 0 Å². The summed E-state index contributed by atoms with van der Waals surface area (Å²) >= 11 is 0. The third kappa shape index (κ3) is 5.08. The molecule has 2 aliphatic rings. The van der Waals surface area contributed by atoms with Gasteiger partial charge in [0.25, 0.3) is 0 Å². The molecule has 0 saturated heterocycles. The zero-order valence-corrected chi connectivity index (χ0v) is 33.6. The summed E-state index contributed by atoms with van der Waals surface area (Å²) in [5.74, 6) is 0. The second-order valence-corrected chi connectivity index (χ2v) is 16.3. The van der Waals surface area contributed by atoms with Crippen LogP contribution in [0.15, 0.2) is 249 Å². The summed E-state index contributed by atoms with van der Waals surface area (Å²) in [6, 6.07) is 92.1. The molecule has 61 heavy (non-hydrogen) atoms. The lowest BCUT2D eigenvalue weighted by Gasteiger charge is -2.35. The fourth-order valence-electron chi connectivity index (χ4n) is 11.0. The van der Waals surface area contributed by atoms with Gasteiger partial charge in [-0.25, -0.2) is 0 Å². The van der Waals surface area contributed by atoms with Crippen LogP contribution in [0.4, 0.5) is 17.1 Å². The zero-order chi connectivity index (χ0) is 40.4. The molecule has 0 radical (unpaired) electrons. The maximum absolute atomic E-state index is 2.46. The average Bonchev–Trinajstić information content (AvgIpc) is 3.81. The molecule has 0 aromatic heterocycles. The van der Waals surface area contributed by atoms with Crippen molar-refractivity contribution in [1.29, 1.82) is 0 Å². The molecule has 2 aliphatic carbocycles. The van der Waals surface area contributed by atoms with Gasteiger partial charge in [-0.05, 0) is 102 Å². The smallest absolute Gasteiger partial charge is 0.0713 e. The molecule has 1 nitrogen and oxygen atoms in total. The summed E-state index contributed by atoms with van der Waals surface area (Å²) in [6.07, 6.45) is 0. The minimum Gasteiger partial charge on any atom is -0.310 e. The molecule has 0 heterocycles. The van der Waals surface area contributed by atoms with Crippen molar-refractivity contribution in [3.05, 3.63) is 293 Å². The summed E-state index contributed by atoms with van der Waals surface area (Å²) in [5, 5.41) is 2.42. The van der Waals surface area contributed by atoms with Gasteiger partial charge in [0.1, 0.15) is 0 Å². The summed E-state index contributed by atoms with van der Waals surface area (Å²) < 4.78 is 0. The topological polar surface area (TPSA) is 3.24 Å². The molecule has 0 fully saturated rings. The Morgan fingerprint density at radius 2 is 0.656 bits per heavy atom. The fourth-order valence-corrected chi connectivity index (χ4v) is 11.0. The summed E-state index contributed by atoms with van der Waals surface area (Å²) in [5.41, 5.74) is 17.8. The van der Waals surface area contributed by atoms with E-state index in [1.165, 1.54) is 77.5 Å². The number of hydrogen-bond donors (Lipinski definition) is 0. The van der Waals surface area contributed by atoms with E-state index in [1.54, 1.807) is 0 Å². The number of fused-ring (bicyclic) bond motifs is 7. The highest BCUT2D eigenvalue weighted by atomic mass is 15.1. The van der Waals surface area contributed by atoms with Crippen LogP contribution in [0.3, 0.4) is 0 Å². The van der Waals surface area contributed by atoms with Crippen molar-refractivity contribution in [3.63, 3.8) is 0 Å². The van der Waals surface area contributed by atoms with E-state index >= 15 is 0 Å². The van der Waals surface area contributed by atoms with Gasteiger partial charge in [0.15, 0.2) is 0 Å². The van der Waals surface area contributed by atoms with Crippen LogP contribution in [0.1, 0.15) is 44.5 Å². The van der Waals surface area contributed by atoms with E-state index in [0.29, 0.717) is 0 Å². The molecule has 0 amide bonds. The van der Waals surface area contributed by atoms with Crippen LogP contribution in [0.2, 0.25) is 0 Å². The Kier molecular flexibility index (Phi) is 8.05.